The Hall–Kier alpha value is -3.06. The molecule has 0 spiro atoms. The van der Waals surface area contributed by atoms with E-state index in [9.17, 15) is 4.79 Å². The standard InChI is InChI=1S/C33H42N4O2/c1-32(2,34)26-14-12-25(13-15-26)31-29(24-8-6-5-7-9-24)19-27(20-35-31)36-30(38)18-23-10-16-28(17-11-23)37(4)33(3)21-39-22-33/h5-9,12-15,19-20,23,28H,10-11,16-18,21-22,34H2,1-4H3,(H,36,38). The number of nitrogens with one attached hydrogen (secondary N) is 1. The fourth-order valence-electron chi connectivity index (χ4n) is 5.91. The van der Waals surface area contributed by atoms with E-state index in [2.05, 4.69) is 60.6 Å². The first kappa shape index (κ1) is 27.5. The molecule has 0 radical (unpaired) electrons. The minimum Gasteiger partial charge on any atom is -0.377 e. The number of hydrogen-bond acceptors (Lipinski definition) is 5. The van der Waals surface area contributed by atoms with E-state index in [0.29, 0.717) is 18.4 Å². The smallest absolute Gasteiger partial charge is 0.224 e. The summed E-state index contributed by atoms with van der Waals surface area (Å²) in [6, 6.07) is 21.1. The van der Waals surface area contributed by atoms with Crippen LogP contribution in [0.4, 0.5) is 5.69 Å². The zero-order valence-corrected chi connectivity index (χ0v) is 23.7. The number of rotatable bonds is 8. The van der Waals surface area contributed by atoms with Gasteiger partial charge in [-0.25, -0.2) is 0 Å². The molecule has 6 nitrogen and oxygen atoms in total. The molecule has 1 aromatic heterocycles. The number of aromatic nitrogens is 1. The van der Waals surface area contributed by atoms with E-state index >= 15 is 0 Å². The maximum Gasteiger partial charge on any atom is 0.224 e. The monoisotopic (exact) mass is 526 g/mol. The van der Waals surface area contributed by atoms with Gasteiger partial charge < -0.3 is 15.8 Å². The summed E-state index contributed by atoms with van der Waals surface area (Å²) < 4.78 is 5.46. The third kappa shape index (κ3) is 6.24. The van der Waals surface area contributed by atoms with Crippen LogP contribution in [0.3, 0.4) is 0 Å². The molecule has 1 aliphatic heterocycles. The first-order chi connectivity index (χ1) is 18.6. The van der Waals surface area contributed by atoms with Crippen molar-refractivity contribution in [3.63, 3.8) is 0 Å². The van der Waals surface area contributed by atoms with Crippen molar-refractivity contribution in [2.45, 2.75) is 70.0 Å². The van der Waals surface area contributed by atoms with Gasteiger partial charge in [0.15, 0.2) is 0 Å². The lowest BCUT2D eigenvalue weighted by molar-refractivity contribution is -0.139. The van der Waals surface area contributed by atoms with Gasteiger partial charge in [-0.05, 0) is 76.6 Å². The highest BCUT2D eigenvalue weighted by Gasteiger charge is 2.41. The van der Waals surface area contributed by atoms with Crippen LogP contribution in [-0.4, -0.2) is 47.6 Å². The Morgan fingerprint density at radius 1 is 1.05 bits per heavy atom. The van der Waals surface area contributed by atoms with Gasteiger partial charge in [-0.2, -0.15) is 0 Å². The number of hydrogen-bond donors (Lipinski definition) is 2. The normalized spacial score (nSPS) is 20.9. The molecule has 3 aromatic rings. The van der Waals surface area contributed by atoms with Crippen LogP contribution in [0.1, 0.15) is 58.4 Å². The van der Waals surface area contributed by atoms with Crippen LogP contribution in [0, 0.1) is 5.92 Å². The summed E-state index contributed by atoms with van der Waals surface area (Å²) >= 11 is 0. The molecular weight excluding hydrogens is 484 g/mol. The van der Waals surface area contributed by atoms with E-state index < -0.39 is 5.54 Å². The van der Waals surface area contributed by atoms with E-state index in [4.69, 9.17) is 15.5 Å². The Labute approximate surface area is 233 Å². The zero-order valence-electron chi connectivity index (χ0n) is 23.7. The van der Waals surface area contributed by atoms with Crippen molar-refractivity contribution in [1.82, 2.24) is 9.88 Å². The van der Waals surface area contributed by atoms with Crippen LogP contribution < -0.4 is 11.1 Å². The highest BCUT2D eigenvalue weighted by Crippen LogP contribution is 2.36. The van der Waals surface area contributed by atoms with Gasteiger partial charge >= 0.3 is 0 Å². The highest BCUT2D eigenvalue weighted by atomic mass is 16.5. The van der Waals surface area contributed by atoms with Crippen LogP contribution in [-0.2, 0) is 15.1 Å². The van der Waals surface area contributed by atoms with Crippen LogP contribution >= 0.6 is 0 Å². The fourth-order valence-corrected chi connectivity index (χ4v) is 5.91. The Bertz CT molecular complexity index is 1270. The van der Waals surface area contributed by atoms with Gasteiger partial charge in [0.25, 0.3) is 0 Å². The molecule has 39 heavy (non-hydrogen) atoms. The van der Waals surface area contributed by atoms with Crippen LogP contribution in [0.5, 0.6) is 0 Å². The predicted octanol–water partition coefficient (Wildman–Crippen LogP) is 6.22. The van der Waals surface area contributed by atoms with Crippen molar-refractivity contribution in [2.75, 3.05) is 25.6 Å². The first-order valence-electron chi connectivity index (χ1n) is 14.2. The third-order valence-electron chi connectivity index (χ3n) is 8.67. The van der Waals surface area contributed by atoms with Crippen LogP contribution in [0.25, 0.3) is 22.4 Å². The number of amides is 1. The molecule has 1 aliphatic carbocycles. The molecule has 2 aromatic carbocycles. The topological polar surface area (TPSA) is 80.5 Å². The minimum atomic E-state index is -0.402. The number of carbonyl (C=O) groups excluding carboxylic acids is 1. The average Bonchev–Trinajstić information content (AvgIpc) is 2.92. The van der Waals surface area contributed by atoms with Crippen molar-refractivity contribution in [3.8, 4) is 22.4 Å². The number of nitrogens with zero attached hydrogens (tertiary/aromatic N) is 2. The van der Waals surface area contributed by atoms with E-state index in [0.717, 1.165) is 72.5 Å². The molecule has 1 saturated carbocycles. The van der Waals surface area contributed by atoms with Gasteiger partial charge in [-0.3, -0.25) is 14.7 Å². The SMILES string of the molecule is CN(C1CCC(CC(=O)Nc2cnc(-c3ccc(C(C)(C)N)cc3)c(-c3ccccc3)c2)CC1)C1(C)COC1. The van der Waals surface area contributed by atoms with E-state index in [1.807, 2.05) is 38.1 Å². The molecule has 1 saturated heterocycles. The van der Waals surface area contributed by atoms with Gasteiger partial charge in [-0.15, -0.1) is 0 Å². The number of likely N-dealkylation sites (N-methyl/N-ethyl adjacent to an activating group) is 1. The maximum absolute atomic E-state index is 13.1. The van der Waals surface area contributed by atoms with Gasteiger partial charge in [0.2, 0.25) is 5.91 Å². The summed E-state index contributed by atoms with van der Waals surface area (Å²) in [5, 5.41) is 3.14. The van der Waals surface area contributed by atoms with Gasteiger partial charge in [0.1, 0.15) is 0 Å². The number of nitrogens with two attached hydrogens (primary N) is 1. The van der Waals surface area contributed by atoms with Crippen LogP contribution in [0.2, 0.25) is 0 Å². The Balaban J connectivity index is 1.27. The van der Waals surface area contributed by atoms with Crippen molar-refractivity contribution in [3.05, 3.63) is 72.4 Å². The molecule has 206 valence electrons. The molecule has 2 aliphatic rings. The first-order valence-corrected chi connectivity index (χ1v) is 14.2. The second-order valence-corrected chi connectivity index (χ2v) is 12.3. The summed E-state index contributed by atoms with van der Waals surface area (Å²) in [6.07, 6.45) is 6.77. The van der Waals surface area contributed by atoms with Crippen LogP contribution in [0.15, 0.2) is 66.9 Å². The maximum atomic E-state index is 13.1. The number of anilines is 1. The third-order valence-corrected chi connectivity index (χ3v) is 8.67. The quantitative estimate of drug-likeness (QED) is 0.364. The lowest BCUT2D eigenvalue weighted by Crippen LogP contribution is -2.61. The van der Waals surface area contributed by atoms with Gasteiger partial charge in [-0.1, -0.05) is 54.6 Å². The molecule has 2 heterocycles. The fraction of sp³-hybridized carbons (Fsp3) is 0.455. The summed E-state index contributed by atoms with van der Waals surface area (Å²) in [6.45, 7) is 7.93. The lowest BCUT2D eigenvalue weighted by atomic mass is 9.81. The molecule has 0 atom stereocenters. The Morgan fingerprint density at radius 3 is 2.31 bits per heavy atom. The second-order valence-electron chi connectivity index (χ2n) is 12.3. The Kier molecular flexibility index (Phi) is 7.90. The molecule has 3 N–H and O–H groups in total. The summed E-state index contributed by atoms with van der Waals surface area (Å²) in [4.78, 5) is 20.4. The van der Waals surface area contributed by atoms with Gasteiger partial charge in [0, 0.05) is 29.1 Å². The molecule has 0 unspecified atom stereocenters. The molecule has 5 rings (SSSR count). The Morgan fingerprint density at radius 2 is 1.72 bits per heavy atom. The van der Waals surface area contributed by atoms with E-state index in [-0.39, 0.29) is 11.4 Å². The minimum absolute atomic E-state index is 0.0641. The predicted molar refractivity (Wildman–Crippen MR) is 158 cm³/mol. The highest BCUT2D eigenvalue weighted by molar-refractivity contribution is 5.93. The number of benzene rings is 2. The lowest BCUT2D eigenvalue weighted by Gasteiger charge is -2.50. The summed E-state index contributed by atoms with van der Waals surface area (Å²) in [5.41, 5.74) is 11.8. The van der Waals surface area contributed by atoms with Gasteiger partial charge in [0.05, 0.1) is 36.3 Å². The zero-order chi connectivity index (χ0) is 27.6. The molecular formula is C33H42N4O2. The van der Waals surface area contributed by atoms with Crippen molar-refractivity contribution in [2.24, 2.45) is 11.7 Å². The average molecular weight is 527 g/mol. The summed E-state index contributed by atoms with van der Waals surface area (Å²) in [5.74, 6) is 0.487. The largest absolute Gasteiger partial charge is 0.377 e. The molecule has 1 amide bonds. The molecule has 2 fully saturated rings. The number of pyridine rings is 1. The van der Waals surface area contributed by atoms with E-state index in [1.165, 1.54) is 0 Å². The summed E-state index contributed by atoms with van der Waals surface area (Å²) in [7, 11) is 2.23. The van der Waals surface area contributed by atoms with Crippen molar-refractivity contribution in [1.29, 1.82) is 0 Å². The van der Waals surface area contributed by atoms with E-state index in [1.54, 1.807) is 6.20 Å². The number of ether oxygens (including phenoxy) is 1. The number of carbonyl (C=O) groups is 1. The van der Waals surface area contributed by atoms with Crippen molar-refractivity contribution < 1.29 is 9.53 Å². The second kappa shape index (κ2) is 11.2. The molecule has 6 heteroatoms. The van der Waals surface area contributed by atoms with Crippen molar-refractivity contribution >= 4 is 11.6 Å². The molecule has 0 bridgehead atoms.